The van der Waals surface area contributed by atoms with Gasteiger partial charge >= 0.3 is 11.9 Å². The molecular weight excluding hydrogens is 460 g/mol. The number of benzene rings is 1. The normalized spacial score (nSPS) is 31.5. The Morgan fingerprint density at radius 1 is 0.972 bits per heavy atom. The number of carboxylic acid groups (broad SMARTS) is 1. The van der Waals surface area contributed by atoms with Gasteiger partial charge in [0.1, 0.15) is 11.3 Å². The van der Waals surface area contributed by atoms with Gasteiger partial charge in [0, 0.05) is 19.0 Å². The smallest absolute Gasteiger partial charge is 0.324 e. The number of amides is 2. The lowest BCUT2D eigenvalue weighted by Crippen LogP contribution is -2.57. The van der Waals surface area contributed by atoms with E-state index in [2.05, 4.69) is 5.32 Å². The van der Waals surface area contributed by atoms with Crippen LogP contribution in [-0.2, 0) is 19.2 Å². The molecule has 2 heterocycles. The molecule has 1 aromatic carbocycles. The summed E-state index contributed by atoms with van der Waals surface area (Å²) in [4.78, 5) is 53.6. The molecule has 0 bridgehead atoms. The molecule has 2 saturated carbocycles. The third kappa shape index (κ3) is 4.33. The predicted molar refractivity (Wildman–Crippen MR) is 131 cm³/mol. The third-order valence-electron chi connectivity index (χ3n) is 8.85. The van der Waals surface area contributed by atoms with Crippen LogP contribution in [0.1, 0.15) is 89.2 Å². The summed E-state index contributed by atoms with van der Waals surface area (Å²) in [5, 5.41) is 14.0. The second-order valence-electron chi connectivity index (χ2n) is 11.1. The summed E-state index contributed by atoms with van der Waals surface area (Å²) in [6.07, 6.45) is 10.2. The minimum atomic E-state index is -1.48. The Balaban J connectivity index is 1.53. The zero-order valence-corrected chi connectivity index (χ0v) is 20.9. The Labute approximate surface area is 211 Å². The number of fused-ring (bicyclic) bond motifs is 1. The standard InChI is InChI=1S/C28H36N2O6/c1-17(31)36-21-14-12-19(13-15-21)24-22-23(26(33)30(25(22)32)20-10-6-3-7-11-20)28(29-24,27(34)35)16-18-8-4-2-5-9-18/h12-15,18,20,22-24,29H,2-11,16H2,1H3,(H,34,35). The fourth-order valence-electron chi connectivity index (χ4n) is 7.24. The van der Waals surface area contributed by atoms with E-state index in [1.807, 2.05) is 0 Å². The summed E-state index contributed by atoms with van der Waals surface area (Å²) in [6, 6.07) is 6.06. The largest absolute Gasteiger partial charge is 0.480 e. The van der Waals surface area contributed by atoms with Gasteiger partial charge in [0.05, 0.1) is 11.8 Å². The number of carbonyl (C=O) groups excluding carboxylic acids is 3. The fraction of sp³-hybridized carbons (Fsp3) is 0.643. The van der Waals surface area contributed by atoms with E-state index in [1.165, 1.54) is 11.8 Å². The molecule has 8 nitrogen and oxygen atoms in total. The summed E-state index contributed by atoms with van der Waals surface area (Å²) in [5.74, 6) is -3.15. The topological polar surface area (TPSA) is 113 Å². The number of imide groups is 1. The molecule has 4 aliphatic rings. The summed E-state index contributed by atoms with van der Waals surface area (Å²) in [7, 11) is 0. The van der Waals surface area contributed by atoms with Gasteiger partial charge in [-0.2, -0.15) is 0 Å². The Kier molecular flexibility index (Phi) is 6.90. The van der Waals surface area contributed by atoms with Crippen molar-refractivity contribution < 1.29 is 29.0 Å². The highest BCUT2D eigenvalue weighted by atomic mass is 16.5. The lowest BCUT2D eigenvalue weighted by Gasteiger charge is -2.37. The number of hydrogen-bond acceptors (Lipinski definition) is 6. The monoisotopic (exact) mass is 496 g/mol. The maximum Gasteiger partial charge on any atom is 0.324 e. The van der Waals surface area contributed by atoms with Gasteiger partial charge in [-0.25, -0.2) is 0 Å². The molecule has 0 radical (unpaired) electrons. The van der Waals surface area contributed by atoms with Crippen LogP contribution in [0.2, 0.25) is 0 Å². The first kappa shape index (κ1) is 24.9. The number of hydrogen-bond donors (Lipinski definition) is 2. The van der Waals surface area contributed by atoms with Crippen LogP contribution in [-0.4, -0.2) is 45.3 Å². The molecule has 2 N–H and O–H groups in total. The van der Waals surface area contributed by atoms with Gasteiger partial charge < -0.3 is 9.84 Å². The number of esters is 1. The van der Waals surface area contributed by atoms with Gasteiger partial charge in [-0.3, -0.25) is 29.4 Å². The van der Waals surface area contributed by atoms with Gasteiger partial charge in [0.25, 0.3) is 0 Å². The second-order valence-corrected chi connectivity index (χ2v) is 11.1. The van der Waals surface area contributed by atoms with Crippen molar-refractivity contribution in [1.29, 1.82) is 0 Å². The number of ether oxygens (including phenoxy) is 1. The van der Waals surface area contributed by atoms with Gasteiger partial charge in [0.15, 0.2) is 0 Å². The molecular formula is C28H36N2O6. The van der Waals surface area contributed by atoms with Crippen LogP contribution < -0.4 is 10.1 Å². The Bertz CT molecular complexity index is 1030. The molecule has 36 heavy (non-hydrogen) atoms. The molecule has 4 atom stereocenters. The molecule has 4 fully saturated rings. The summed E-state index contributed by atoms with van der Waals surface area (Å²) >= 11 is 0. The molecule has 2 aliphatic heterocycles. The highest BCUT2D eigenvalue weighted by molar-refractivity contribution is 6.09. The van der Waals surface area contributed by atoms with E-state index in [9.17, 15) is 24.3 Å². The van der Waals surface area contributed by atoms with Crippen molar-refractivity contribution in [2.24, 2.45) is 17.8 Å². The van der Waals surface area contributed by atoms with Crippen molar-refractivity contribution in [3.05, 3.63) is 29.8 Å². The van der Waals surface area contributed by atoms with Crippen LogP contribution in [0.3, 0.4) is 0 Å². The quantitative estimate of drug-likeness (QED) is 0.348. The van der Waals surface area contributed by atoms with Crippen molar-refractivity contribution >= 4 is 23.8 Å². The van der Waals surface area contributed by atoms with E-state index in [-0.39, 0.29) is 23.8 Å². The number of likely N-dealkylation sites (tertiary alicyclic amines) is 1. The third-order valence-corrected chi connectivity index (χ3v) is 8.85. The van der Waals surface area contributed by atoms with Crippen molar-refractivity contribution in [1.82, 2.24) is 10.2 Å². The van der Waals surface area contributed by atoms with E-state index >= 15 is 0 Å². The van der Waals surface area contributed by atoms with Crippen LogP contribution in [0.5, 0.6) is 5.75 Å². The molecule has 4 unspecified atom stereocenters. The first-order valence-electron chi connectivity index (χ1n) is 13.5. The molecule has 0 spiro atoms. The maximum atomic E-state index is 14.0. The number of carbonyl (C=O) groups is 4. The van der Waals surface area contributed by atoms with E-state index in [1.54, 1.807) is 24.3 Å². The van der Waals surface area contributed by atoms with Crippen LogP contribution in [0, 0.1) is 17.8 Å². The van der Waals surface area contributed by atoms with Gasteiger partial charge in [-0.1, -0.05) is 63.5 Å². The van der Waals surface area contributed by atoms with Gasteiger partial charge in [-0.15, -0.1) is 0 Å². The van der Waals surface area contributed by atoms with Crippen LogP contribution in [0.4, 0.5) is 0 Å². The highest BCUT2D eigenvalue weighted by Gasteiger charge is 2.69. The number of nitrogens with one attached hydrogen (secondary N) is 1. The molecule has 5 rings (SSSR count). The summed E-state index contributed by atoms with van der Waals surface area (Å²) < 4.78 is 5.15. The molecule has 194 valence electrons. The van der Waals surface area contributed by atoms with E-state index < -0.39 is 35.4 Å². The molecule has 8 heteroatoms. The zero-order chi connectivity index (χ0) is 25.4. The SMILES string of the molecule is CC(=O)Oc1ccc(C2NC(CC3CCCCC3)(C(=O)O)C3C(=O)N(C4CCCCC4)C(=O)C23)cc1. The zero-order valence-electron chi connectivity index (χ0n) is 20.9. The molecule has 1 aromatic rings. The fourth-order valence-corrected chi connectivity index (χ4v) is 7.24. The highest BCUT2D eigenvalue weighted by Crippen LogP contribution is 2.53. The van der Waals surface area contributed by atoms with Crippen LogP contribution in [0.15, 0.2) is 24.3 Å². The minimum absolute atomic E-state index is 0.141. The van der Waals surface area contributed by atoms with Gasteiger partial charge in [-0.05, 0) is 42.9 Å². The lowest BCUT2D eigenvalue weighted by molar-refractivity contribution is -0.153. The summed E-state index contributed by atoms with van der Waals surface area (Å²) in [6.45, 7) is 1.33. The lowest BCUT2D eigenvalue weighted by atomic mass is 9.72. The Morgan fingerprint density at radius 2 is 1.58 bits per heavy atom. The Morgan fingerprint density at radius 3 is 2.17 bits per heavy atom. The van der Waals surface area contributed by atoms with E-state index in [0.29, 0.717) is 12.2 Å². The maximum absolute atomic E-state index is 14.0. The second kappa shape index (κ2) is 9.96. The first-order chi connectivity index (χ1) is 17.3. The molecule has 2 amide bonds. The van der Waals surface area contributed by atoms with Crippen molar-refractivity contribution in [2.75, 3.05) is 0 Å². The number of carboxylic acids is 1. The van der Waals surface area contributed by atoms with Crippen molar-refractivity contribution in [2.45, 2.75) is 95.2 Å². The average Bonchev–Trinajstić information content (AvgIpc) is 3.34. The van der Waals surface area contributed by atoms with E-state index in [0.717, 1.165) is 69.8 Å². The van der Waals surface area contributed by atoms with Crippen molar-refractivity contribution in [3.8, 4) is 5.75 Å². The number of nitrogens with zero attached hydrogens (tertiary/aromatic N) is 1. The van der Waals surface area contributed by atoms with Gasteiger partial charge in [0.2, 0.25) is 11.8 Å². The van der Waals surface area contributed by atoms with Crippen LogP contribution in [0.25, 0.3) is 0 Å². The minimum Gasteiger partial charge on any atom is -0.480 e. The first-order valence-corrected chi connectivity index (χ1v) is 13.5. The molecule has 2 aliphatic carbocycles. The van der Waals surface area contributed by atoms with Crippen LogP contribution >= 0.6 is 0 Å². The molecule has 2 saturated heterocycles. The van der Waals surface area contributed by atoms with Crippen molar-refractivity contribution in [3.63, 3.8) is 0 Å². The number of aliphatic carboxylic acids is 1. The van der Waals surface area contributed by atoms with E-state index in [4.69, 9.17) is 4.74 Å². The summed E-state index contributed by atoms with van der Waals surface area (Å²) in [5.41, 5.74) is -0.762. The predicted octanol–water partition coefficient (Wildman–Crippen LogP) is 3.98. The number of rotatable bonds is 6. The molecule has 0 aromatic heterocycles. The Hall–Kier alpha value is -2.74. The average molecular weight is 497 g/mol.